The highest BCUT2D eigenvalue weighted by molar-refractivity contribution is 5.94. The molecule has 126 valence electrons. The number of nitrogens with two attached hydrogens (primary N) is 2. The Morgan fingerprint density at radius 2 is 1.92 bits per heavy atom. The molecule has 0 saturated heterocycles. The van der Waals surface area contributed by atoms with Gasteiger partial charge in [-0.15, -0.1) is 0 Å². The lowest BCUT2D eigenvalue weighted by Gasteiger charge is -2.09. The third-order valence-corrected chi connectivity index (χ3v) is 3.68. The molecular formula is C18H17N5O2. The number of nitrogen functional groups attached to an aromatic ring is 1. The Morgan fingerprint density at radius 1 is 1.24 bits per heavy atom. The van der Waals surface area contributed by atoms with Crippen LogP contribution in [0.4, 0.5) is 11.5 Å². The number of aromatic amines is 1. The van der Waals surface area contributed by atoms with E-state index in [4.69, 9.17) is 16.2 Å². The first-order chi connectivity index (χ1) is 12.0. The van der Waals surface area contributed by atoms with Crippen molar-refractivity contribution in [2.45, 2.75) is 13.0 Å². The van der Waals surface area contributed by atoms with Crippen LogP contribution < -0.4 is 21.5 Å². The number of nitriles is 1. The van der Waals surface area contributed by atoms with Gasteiger partial charge in [-0.2, -0.15) is 5.26 Å². The molecule has 6 N–H and O–H groups in total. The Morgan fingerprint density at radius 3 is 2.56 bits per heavy atom. The van der Waals surface area contributed by atoms with Gasteiger partial charge in [0, 0.05) is 16.6 Å². The van der Waals surface area contributed by atoms with Crippen molar-refractivity contribution in [3.05, 3.63) is 48.0 Å². The first kappa shape index (κ1) is 16.4. The molecule has 7 nitrogen and oxygen atoms in total. The number of carbonyl (C=O) groups is 1. The summed E-state index contributed by atoms with van der Waals surface area (Å²) in [7, 11) is 0. The summed E-state index contributed by atoms with van der Waals surface area (Å²) in [6.45, 7) is 1.62. The molecule has 0 saturated carbocycles. The summed E-state index contributed by atoms with van der Waals surface area (Å²) in [5, 5.41) is 12.6. The van der Waals surface area contributed by atoms with E-state index in [1.54, 1.807) is 49.4 Å². The average molecular weight is 335 g/mol. The number of carbonyl (C=O) groups excluding carboxylic acids is 1. The van der Waals surface area contributed by atoms with Crippen molar-refractivity contribution in [3.8, 4) is 17.6 Å². The molecular weight excluding hydrogens is 318 g/mol. The van der Waals surface area contributed by atoms with Gasteiger partial charge in [-0.3, -0.25) is 4.79 Å². The second kappa shape index (κ2) is 6.55. The van der Waals surface area contributed by atoms with Gasteiger partial charge in [0.1, 0.15) is 28.9 Å². The van der Waals surface area contributed by atoms with E-state index in [1.807, 2.05) is 0 Å². The zero-order valence-corrected chi connectivity index (χ0v) is 13.5. The van der Waals surface area contributed by atoms with Crippen LogP contribution in [0.5, 0.6) is 11.5 Å². The predicted octanol–water partition coefficient (Wildman–Crippen LogP) is 2.70. The Labute approximate surface area is 144 Å². The molecule has 25 heavy (non-hydrogen) atoms. The van der Waals surface area contributed by atoms with Gasteiger partial charge >= 0.3 is 0 Å². The quantitative estimate of drug-likeness (QED) is 0.582. The Kier molecular flexibility index (Phi) is 4.29. The zero-order valence-electron chi connectivity index (χ0n) is 13.5. The number of hydrogen-bond acceptors (Lipinski definition) is 5. The van der Waals surface area contributed by atoms with Crippen LogP contribution in [-0.2, 0) is 4.79 Å². The lowest BCUT2D eigenvalue weighted by atomic mass is 10.1. The van der Waals surface area contributed by atoms with Gasteiger partial charge in [-0.1, -0.05) is 0 Å². The van der Waals surface area contributed by atoms with E-state index >= 15 is 0 Å². The smallest absolute Gasteiger partial charge is 0.240 e. The average Bonchev–Trinajstić information content (AvgIpc) is 2.91. The standard InChI is InChI=1S/C18H17N5O2/c1-10(20)18(24)22-11-2-4-12(5-3-11)25-13-6-7-16-14(8-13)15(9-19)17(21)23-16/h2-8,10,23H,20-21H2,1H3,(H,22,24)/t10-/m0/s1. The molecule has 1 atom stereocenters. The number of amides is 1. The summed E-state index contributed by atoms with van der Waals surface area (Å²) in [6, 6.07) is 13.8. The minimum absolute atomic E-state index is 0.256. The molecule has 0 fully saturated rings. The number of nitrogens with zero attached hydrogens (tertiary/aromatic N) is 1. The largest absolute Gasteiger partial charge is 0.457 e. The van der Waals surface area contributed by atoms with Crippen LogP contribution >= 0.6 is 0 Å². The van der Waals surface area contributed by atoms with Gasteiger partial charge in [0.05, 0.1) is 6.04 Å². The lowest BCUT2D eigenvalue weighted by molar-refractivity contribution is -0.117. The van der Waals surface area contributed by atoms with Gasteiger partial charge in [0.15, 0.2) is 0 Å². The first-order valence-corrected chi connectivity index (χ1v) is 7.63. The highest BCUT2D eigenvalue weighted by Crippen LogP contribution is 2.30. The fourth-order valence-electron chi connectivity index (χ4n) is 2.37. The van der Waals surface area contributed by atoms with E-state index in [0.717, 1.165) is 5.52 Å². The van der Waals surface area contributed by atoms with E-state index in [-0.39, 0.29) is 5.91 Å². The molecule has 2 aromatic carbocycles. The van der Waals surface area contributed by atoms with Crippen molar-refractivity contribution < 1.29 is 9.53 Å². The number of rotatable bonds is 4. The maximum atomic E-state index is 11.6. The van der Waals surface area contributed by atoms with Crippen molar-refractivity contribution in [2.75, 3.05) is 11.1 Å². The highest BCUT2D eigenvalue weighted by Gasteiger charge is 2.10. The molecule has 0 aliphatic carbocycles. The second-order valence-electron chi connectivity index (χ2n) is 5.64. The molecule has 0 unspecified atom stereocenters. The van der Waals surface area contributed by atoms with Crippen LogP contribution in [0.1, 0.15) is 12.5 Å². The maximum absolute atomic E-state index is 11.6. The minimum atomic E-state index is -0.578. The van der Waals surface area contributed by atoms with Gasteiger partial charge < -0.3 is 26.5 Å². The number of nitrogens with one attached hydrogen (secondary N) is 2. The summed E-state index contributed by atoms with van der Waals surface area (Å²) in [6.07, 6.45) is 0. The topological polar surface area (TPSA) is 130 Å². The SMILES string of the molecule is C[C@H](N)C(=O)Nc1ccc(Oc2ccc3[nH]c(N)c(C#N)c3c2)cc1. The Bertz CT molecular complexity index is 968. The summed E-state index contributed by atoms with van der Waals surface area (Å²) in [4.78, 5) is 14.5. The fourth-order valence-corrected chi connectivity index (χ4v) is 2.37. The summed E-state index contributed by atoms with van der Waals surface area (Å²) >= 11 is 0. The highest BCUT2D eigenvalue weighted by atomic mass is 16.5. The predicted molar refractivity (Wildman–Crippen MR) is 96.2 cm³/mol. The van der Waals surface area contributed by atoms with E-state index in [1.165, 1.54) is 0 Å². The van der Waals surface area contributed by atoms with Gasteiger partial charge in [-0.25, -0.2) is 0 Å². The van der Waals surface area contributed by atoms with Gasteiger partial charge in [0.2, 0.25) is 5.91 Å². The summed E-state index contributed by atoms with van der Waals surface area (Å²) in [5.41, 5.74) is 13.1. The van der Waals surface area contributed by atoms with Crippen molar-refractivity contribution in [2.24, 2.45) is 5.73 Å². The normalized spacial score (nSPS) is 11.7. The molecule has 3 rings (SSSR count). The number of aromatic nitrogens is 1. The molecule has 7 heteroatoms. The van der Waals surface area contributed by atoms with E-state index < -0.39 is 6.04 Å². The summed E-state index contributed by atoms with van der Waals surface area (Å²) in [5.74, 6) is 1.26. The monoisotopic (exact) mass is 335 g/mol. The van der Waals surface area contributed by atoms with Crippen LogP contribution in [0.25, 0.3) is 10.9 Å². The van der Waals surface area contributed by atoms with Gasteiger partial charge in [-0.05, 0) is 49.4 Å². The van der Waals surface area contributed by atoms with Crippen molar-refractivity contribution in [1.82, 2.24) is 4.98 Å². The van der Waals surface area contributed by atoms with Crippen LogP contribution in [-0.4, -0.2) is 16.9 Å². The molecule has 0 radical (unpaired) electrons. The number of hydrogen-bond donors (Lipinski definition) is 4. The fraction of sp³-hybridized carbons (Fsp3) is 0.111. The maximum Gasteiger partial charge on any atom is 0.240 e. The third-order valence-electron chi connectivity index (χ3n) is 3.68. The zero-order chi connectivity index (χ0) is 18.0. The molecule has 3 aromatic rings. The number of H-pyrrole nitrogens is 1. The summed E-state index contributed by atoms with van der Waals surface area (Å²) < 4.78 is 5.80. The first-order valence-electron chi connectivity index (χ1n) is 7.63. The molecule has 1 heterocycles. The van der Waals surface area contributed by atoms with Crippen molar-refractivity contribution in [1.29, 1.82) is 5.26 Å². The van der Waals surface area contributed by atoms with Crippen molar-refractivity contribution >= 4 is 28.3 Å². The Hall–Kier alpha value is -3.50. The molecule has 1 amide bonds. The van der Waals surface area contributed by atoms with E-state index in [2.05, 4.69) is 16.4 Å². The van der Waals surface area contributed by atoms with Crippen LogP contribution in [0, 0.1) is 11.3 Å². The number of benzene rings is 2. The van der Waals surface area contributed by atoms with Crippen LogP contribution in [0.2, 0.25) is 0 Å². The van der Waals surface area contributed by atoms with Crippen molar-refractivity contribution in [3.63, 3.8) is 0 Å². The molecule has 0 aliphatic rings. The molecule has 0 aliphatic heterocycles. The molecule has 1 aromatic heterocycles. The second-order valence-corrected chi connectivity index (χ2v) is 5.64. The van der Waals surface area contributed by atoms with E-state index in [0.29, 0.717) is 34.0 Å². The number of ether oxygens (including phenoxy) is 1. The molecule has 0 bridgehead atoms. The Balaban J connectivity index is 1.79. The minimum Gasteiger partial charge on any atom is -0.457 e. The molecule has 0 spiro atoms. The lowest BCUT2D eigenvalue weighted by Crippen LogP contribution is -2.32. The van der Waals surface area contributed by atoms with E-state index in [9.17, 15) is 10.1 Å². The van der Waals surface area contributed by atoms with Crippen LogP contribution in [0.3, 0.4) is 0 Å². The van der Waals surface area contributed by atoms with Crippen LogP contribution in [0.15, 0.2) is 42.5 Å². The third kappa shape index (κ3) is 3.39. The number of anilines is 2. The number of fused-ring (bicyclic) bond motifs is 1. The van der Waals surface area contributed by atoms with Gasteiger partial charge in [0.25, 0.3) is 0 Å².